The molecule has 23 heavy (non-hydrogen) atoms. The van der Waals surface area contributed by atoms with Crippen molar-refractivity contribution in [3.63, 3.8) is 0 Å². The van der Waals surface area contributed by atoms with Crippen molar-refractivity contribution in [2.45, 2.75) is 38.3 Å². The van der Waals surface area contributed by atoms with Crippen molar-refractivity contribution < 1.29 is 29.3 Å². The van der Waals surface area contributed by atoms with Crippen molar-refractivity contribution in [1.29, 1.82) is 0 Å². The Morgan fingerprint density at radius 2 is 1.74 bits per heavy atom. The average molecular weight is 342 g/mol. The van der Waals surface area contributed by atoms with Crippen molar-refractivity contribution in [1.82, 2.24) is 0 Å². The Morgan fingerprint density at radius 3 is 2.22 bits per heavy atom. The molecule has 0 aromatic heterocycles. The second-order valence-corrected chi connectivity index (χ2v) is 8.12. The summed E-state index contributed by atoms with van der Waals surface area (Å²) in [5, 5.41) is 17.9. The van der Waals surface area contributed by atoms with Crippen LogP contribution in [0.15, 0.2) is 30.3 Å². The van der Waals surface area contributed by atoms with Gasteiger partial charge in [-0.15, -0.1) is 0 Å². The van der Waals surface area contributed by atoms with Crippen molar-refractivity contribution in [3.8, 4) is 0 Å². The van der Waals surface area contributed by atoms with Crippen LogP contribution in [0, 0.1) is 5.92 Å². The van der Waals surface area contributed by atoms with Gasteiger partial charge in [0.1, 0.15) is 0 Å². The van der Waals surface area contributed by atoms with Gasteiger partial charge in [-0.3, -0.25) is 14.2 Å². The summed E-state index contributed by atoms with van der Waals surface area (Å²) in [7, 11) is -3.78. The van der Waals surface area contributed by atoms with Gasteiger partial charge in [-0.05, 0) is 18.4 Å². The Morgan fingerprint density at radius 1 is 1.13 bits per heavy atom. The van der Waals surface area contributed by atoms with E-state index in [0.29, 0.717) is 18.4 Å². The molecule has 0 aliphatic heterocycles. The van der Waals surface area contributed by atoms with Crippen LogP contribution in [0.5, 0.6) is 0 Å². The van der Waals surface area contributed by atoms with Gasteiger partial charge in [-0.2, -0.15) is 0 Å². The third-order valence-electron chi connectivity index (χ3n) is 3.77. The number of aliphatic carboxylic acids is 2. The third kappa shape index (κ3) is 6.16. The van der Waals surface area contributed by atoms with Crippen LogP contribution in [-0.4, -0.2) is 33.2 Å². The lowest BCUT2D eigenvalue weighted by atomic mass is 10.1. The number of carboxylic acid groups (broad SMARTS) is 2. The maximum Gasteiger partial charge on any atom is 0.307 e. The highest BCUT2D eigenvalue weighted by atomic mass is 31.2. The lowest BCUT2D eigenvalue weighted by Crippen LogP contribution is -2.21. The first-order chi connectivity index (χ1) is 10.8. The molecule has 7 heteroatoms. The van der Waals surface area contributed by atoms with Gasteiger partial charge < -0.3 is 15.1 Å². The van der Waals surface area contributed by atoms with E-state index in [2.05, 4.69) is 0 Å². The van der Waals surface area contributed by atoms with Crippen LogP contribution in [-0.2, 0) is 14.2 Å². The number of benzene rings is 1. The van der Waals surface area contributed by atoms with E-state index in [-0.39, 0.29) is 12.8 Å². The van der Waals surface area contributed by atoms with Gasteiger partial charge in [0, 0.05) is 12.6 Å². The minimum atomic E-state index is -3.78. The van der Waals surface area contributed by atoms with Crippen molar-refractivity contribution in [3.05, 3.63) is 35.9 Å². The van der Waals surface area contributed by atoms with Crippen LogP contribution < -0.4 is 0 Å². The summed E-state index contributed by atoms with van der Waals surface area (Å²) in [6, 6.07) is 8.88. The van der Waals surface area contributed by atoms with Gasteiger partial charge in [0.25, 0.3) is 0 Å². The Bertz CT molecular complexity index is 571. The molecule has 1 aromatic carbocycles. The van der Waals surface area contributed by atoms with Crippen LogP contribution in [0.4, 0.5) is 0 Å². The minimum absolute atomic E-state index is 0.150. The fourth-order valence-corrected chi connectivity index (χ4v) is 5.11. The Labute approximate surface area is 135 Å². The normalized spacial score (nSPS) is 16.3. The maximum absolute atomic E-state index is 12.8. The summed E-state index contributed by atoms with van der Waals surface area (Å²) in [5.74, 6) is -3.48. The van der Waals surface area contributed by atoms with Gasteiger partial charge >= 0.3 is 11.9 Å². The zero-order valence-corrected chi connectivity index (χ0v) is 14.0. The fourth-order valence-electron chi connectivity index (χ4n) is 2.58. The minimum Gasteiger partial charge on any atom is -0.481 e. The quantitative estimate of drug-likeness (QED) is 0.562. The summed E-state index contributed by atoms with van der Waals surface area (Å²) in [4.78, 5) is 32.4. The van der Waals surface area contributed by atoms with Gasteiger partial charge in [0.05, 0.1) is 11.6 Å². The van der Waals surface area contributed by atoms with Crippen LogP contribution in [0.2, 0.25) is 0 Å². The van der Waals surface area contributed by atoms with Crippen LogP contribution in [0.1, 0.15) is 43.8 Å². The first kappa shape index (κ1) is 19.4. The molecule has 0 saturated heterocycles. The number of carboxylic acids is 2. The van der Waals surface area contributed by atoms with E-state index in [9.17, 15) is 24.2 Å². The van der Waals surface area contributed by atoms with Gasteiger partial charge in [0.15, 0.2) is 0 Å². The molecule has 3 atom stereocenters. The summed E-state index contributed by atoms with van der Waals surface area (Å²) < 4.78 is 12.8. The summed E-state index contributed by atoms with van der Waals surface area (Å²) in [6.45, 7) is 1.90. The highest BCUT2D eigenvalue weighted by Gasteiger charge is 2.36. The standard InChI is InChI=1S/C16H23O6P/c1-2-6-14(12-7-4-3-5-8-12)23(21,22)11-13(16(19)20)9-10-15(17)18/h3-5,7-8,13-14H,2,6,9-11H2,1H3,(H,17,18)(H,19,20)(H,21,22). The molecule has 1 aromatic rings. The molecule has 0 aliphatic carbocycles. The highest BCUT2D eigenvalue weighted by Crippen LogP contribution is 2.59. The predicted molar refractivity (Wildman–Crippen MR) is 86.8 cm³/mol. The molecule has 0 amide bonds. The second kappa shape index (κ2) is 8.85. The van der Waals surface area contributed by atoms with E-state index in [1.165, 1.54) is 0 Å². The van der Waals surface area contributed by atoms with Crippen molar-refractivity contribution in [2.75, 3.05) is 6.16 Å². The molecule has 0 fully saturated rings. The molecule has 6 nitrogen and oxygen atoms in total. The third-order valence-corrected chi connectivity index (χ3v) is 6.27. The first-order valence-electron chi connectivity index (χ1n) is 7.59. The largest absolute Gasteiger partial charge is 0.481 e. The Balaban J connectivity index is 2.97. The van der Waals surface area contributed by atoms with E-state index < -0.39 is 37.0 Å². The van der Waals surface area contributed by atoms with E-state index in [4.69, 9.17) is 5.11 Å². The molecule has 0 radical (unpaired) electrons. The topological polar surface area (TPSA) is 112 Å². The Kier molecular flexibility index (Phi) is 7.46. The Hall–Kier alpha value is -1.65. The fraction of sp³-hybridized carbons (Fsp3) is 0.500. The van der Waals surface area contributed by atoms with Gasteiger partial charge in [-0.25, -0.2) is 0 Å². The number of hydrogen-bond donors (Lipinski definition) is 3. The highest BCUT2D eigenvalue weighted by molar-refractivity contribution is 7.58. The van der Waals surface area contributed by atoms with Crippen molar-refractivity contribution >= 4 is 19.3 Å². The summed E-state index contributed by atoms with van der Waals surface area (Å²) >= 11 is 0. The number of rotatable bonds is 10. The molecule has 0 bridgehead atoms. The SMILES string of the molecule is CCCC(c1ccccc1)P(=O)(O)CC(CCC(=O)O)C(=O)O. The molecule has 3 unspecified atom stereocenters. The summed E-state index contributed by atoms with van der Waals surface area (Å²) in [5.41, 5.74) is 0.0861. The van der Waals surface area contributed by atoms with E-state index in [1.54, 1.807) is 24.3 Å². The maximum atomic E-state index is 12.8. The second-order valence-electron chi connectivity index (χ2n) is 5.62. The smallest absolute Gasteiger partial charge is 0.307 e. The van der Waals surface area contributed by atoms with Crippen molar-refractivity contribution in [2.24, 2.45) is 5.92 Å². The zero-order chi connectivity index (χ0) is 17.5. The van der Waals surface area contributed by atoms with Gasteiger partial charge in [0.2, 0.25) is 7.37 Å². The van der Waals surface area contributed by atoms with Crippen LogP contribution in [0.25, 0.3) is 0 Å². The van der Waals surface area contributed by atoms with Gasteiger partial charge in [-0.1, -0.05) is 43.7 Å². The number of hydrogen-bond acceptors (Lipinski definition) is 3. The van der Waals surface area contributed by atoms with E-state index >= 15 is 0 Å². The van der Waals surface area contributed by atoms with Crippen LogP contribution in [0.3, 0.4) is 0 Å². The lowest BCUT2D eigenvalue weighted by molar-refractivity contribution is -0.142. The van der Waals surface area contributed by atoms with E-state index in [0.717, 1.165) is 0 Å². The molecule has 0 heterocycles. The molecule has 0 spiro atoms. The molecular weight excluding hydrogens is 319 g/mol. The molecular formula is C16H23O6P. The van der Waals surface area contributed by atoms with Crippen LogP contribution >= 0.6 is 7.37 Å². The predicted octanol–water partition coefficient (Wildman–Crippen LogP) is 3.36. The monoisotopic (exact) mass is 342 g/mol. The molecule has 0 saturated carbocycles. The molecule has 128 valence electrons. The molecule has 3 N–H and O–H groups in total. The molecule has 1 rings (SSSR count). The number of carbonyl (C=O) groups is 2. The molecule has 0 aliphatic rings. The van der Waals surface area contributed by atoms with E-state index in [1.807, 2.05) is 13.0 Å². The summed E-state index contributed by atoms with van der Waals surface area (Å²) in [6.07, 6.45) is 0.277. The first-order valence-corrected chi connectivity index (χ1v) is 9.50. The lowest BCUT2D eigenvalue weighted by Gasteiger charge is -2.25. The average Bonchev–Trinajstić information content (AvgIpc) is 2.49. The zero-order valence-electron chi connectivity index (χ0n) is 13.1.